The number of aromatic nitrogens is 1. The molecule has 0 aliphatic heterocycles. The Balaban J connectivity index is 2.34. The SMILES string of the molecule is Cc1nc2ccccc2c(C(=O)O)c1C(=O)c1ccccc1. The van der Waals surface area contributed by atoms with E-state index in [1.165, 1.54) is 0 Å². The highest BCUT2D eigenvalue weighted by molar-refractivity contribution is 6.19. The fourth-order valence-electron chi connectivity index (χ4n) is 2.57. The Hall–Kier alpha value is -3.01. The van der Waals surface area contributed by atoms with Crippen LogP contribution in [-0.4, -0.2) is 21.8 Å². The number of hydrogen-bond donors (Lipinski definition) is 1. The molecule has 0 saturated carbocycles. The van der Waals surface area contributed by atoms with Gasteiger partial charge in [0.15, 0.2) is 5.78 Å². The van der Waals surface area contributed by atoms with Gasteiger partial charge in [0, 0.05) is 10.9 Å². The molecule has 0 spiro atoms. The van der Waals surface area contributed by atoms with E-state index in [1.807, 2.05) is 0 Å². The van der Waals surface area contributed by atoms with Crippen LogP contribution in [0.3, 0.4) is 0 Å². The summed E-state index contributed by atoms with van der Waals surface area (Å²) in [4.78, 5) is 28.9. The molecule has 1 N–H and O–H groups in total. The highest BCUT2D eigenvalue weighted by atomic mass is 16.4. The van der Waals surface area contributed by atoms with Gasteiger partial charge >= 0.3 is 5.97 Å². The van der Waals surface area contributed by atoms with Crippen LogP contribution in [0.4, 0.5) is 0 Å². The van der Waals surface area contributed by atoms with E-state index in [2.05, 4.69) is 4.98 Å². The third-order valence-electron chi connectivity index (χ3n) is 3.55. The Morgan fingerprint density at radius 3 is 2.23 bits per heavy atom. The molecular formula is C18H13NO3. The van der Waals surface area contributed by atoms with Gasteiger partial charge in [-0.3, -0.25) is 9.78 Å². The van der Waals surface area contributed by atoms with Gasteiger partial charge in [-0.2, -0.15) is 0 Å². The van der Waals surface area contributed by atoms with Gasteiger partial charge in [0.05, 0.1) is 22.3 Å². The molecule has 3 rings (SSSR count). The lowest BCUT2D eigenvalue weighted by Gasteiger charge is -2.11. The molecule has 0 bridgehead atoms. The zero-order valence-electron chi connectivity index (χ0n) is 11.9. The van der Waals surface area contributed by atoms with Gasteiger partial charge in [-0.05, 0) is 13.0 Å². The molecule has 2 aromatic carbocycles. The maximum Gasteiger partial charge on any atom is 0.337 e. The first-order valence-corrected chi connectivity index (χ1v) is 6.82. The number of carbonyl (C=O) groups excluding carboxylic acids is 1. The number of nitrogens with zero attached hydrogens (tertiary/aromatic N) is 1. The predicted molar refractivity (Wildman–Crippen MR) is 83.3 cm³/mol. The molecule has 0 radical (unpaired) electrons. The molecule has 0 fully saturated rings. The average Bonchev–Trinajstić information content (AvgIpc) is 2.53. The lowest BCUT2D eigenvalue weighted by Crippen LogP contribution is -2.14. The monoisotopic (exact) mass is 291 g/mol. The zero-order valence-corrected chi connectivity index (χ0v) is 11.9. The Bertz CT molecular complexity index is 885. The molecule has 108 valence electrons. The number of carbonyl (C=O) groups is 2. The van der Waals surface area contributed by atoms with Crippen LogP contribution in [0.25, 0.3) is 10.9 Å². The second-order valence-corrected chi connectivity index (χ2v) is 4.96. The number of carboxylic acids is 1. The van der Waals surface area contributed by atoms with Crippen LogP contribution >= 0.6 is 0 Å². The number of benzene rings is 2. The minimum atomic E-state index is -1.12. The van der Waals surface area contributed by atoms with Crippen LogP contribution in [0.2, 0.25) is 0 Å². The number of hydrogen-bond acceptors (Lipinski definition) is 3. The zero-order chi connectivity index (χ0) is 15.7. The third kappa shape index (κ3) is 2.24. The van der Waals surface area contributed by atoms with E-state index in [4.69, 9.17) is 0 Å². The topological polar surface area (TPSA) is 67.3 Å². The van der Waals surface area contributed by atoms with Crippen molar-refractivity contribution in [3.05, 3.63) is 77.0 Å². The summed E-state index contributed by atoms with van der Waals surface area (Å²) in [7, 11) is 0. The summed E-state index contributed by atoms with van der Waals surface area (Å²) in [6.45, 7) is 1.66. The summed E-state index contributed by atoms with van der Waals surface area (Å²) < 4.78 is 0. The molecule has 0 aliphatic rings. The molecule has 1 heterocycles. The molecular weight excluding hydrogens is 278 g/mol. The Morgan fingerprint density at radius 1 is 0.909 bits per heavy atom. The number of rotatable bonds is 3. The van der Waals surface area contributed by atoms with Crippen molar-refractivity contribution in [1.29, 1.82) is 0 Å². The minimum Gasteiger partial charge on any atom is -0.478 e. The van der Waals surface area contributed by atoms with Crippen LogP contribution < -0.4 is 0 Å². The maximum atomic E-state index is 12.7. The van der Waals surface area contributed by atoms with E-state index < -0.39 is 5.97 Å². The van der Waals surface area contributed by atoms with Crippen molar-refractivity contribution >= 4 is 22.7 Å². The number of aryl methyl sites for hydroxylation is 1. The summed E-state index contributed by atoms with van der Waals surface area (Å²) in [5.74, 6) is -1.45. The Kier molecular flexibility index (Phi) is 3.43. The van der Waals surface area contributed by atoms with Crippen LogP contribution in [0.1, 0.15) is 32.0 Å². The second kappa shape index (κ2) is 5.41. The molecule has 0 unspecified atom stereocenters. The van der Waals surface area contributed by atoms with Gasteiger partial charge in [-0.1, -0.05) is 48.5 Å². The maximum absolute atomic E-state index is 12.7. The Labute approximate surface area is 127 Å². The van der Waals surface area contributed by atoms with E-state index in [0.29, 0.717) is 22.2 Å². The summed E-state index contributed by atoms with van der Waals surface area (Å²) in [6.07, 6.45) is 0. The van der Waals surface area contributed by atoms with E-state index >= 15 is 0 Å². The molecule has 3 aromatic rings. The number of carboxylic acid groups (broad SMARTS) is 1. The standard InChI is InChI=1S/C18H13NO3/c1-11-15(17(20)12-7-3-2-4-8-12)16(18(21)22)13-9-5-6-10-14(13)19-11/h2-10H,1H3,(H,21,22). The van der Waals surface area contributed by atoms with Gasteiger partial charge in [-0.15, -0.1) is 0 Å². The van der Waals surface area contributed by atoms with E-state index in [1.54, 1.807) is 61.5 Å². The lowest BCUT2D eigenvalue weighted by atomic mass is 9.94. The number of aromatic carboxylic acids is 1. The molecule has 0 atom stereocenters. The molecule has 4 heteroatoms. The van der Waals surface area contributed by atoms with Crippen molar-refractivity contribution in [2.75, 3.05) is 0 Å². The average molecular weight is 291 g/mol. The van der Waals surface area contributed by atoms with Gasteiger partial charge in [0.25, 0.3) is 0 Å². The molecule has 22 heavy (non-hydrogen) atoms. The molecule has 0 aliphatic carbocycles. The first-order valence-electron chi connectivity index (χ1n) is 6.82. The van der Waals surface area contributed by atoms with Crippen LogP contribution in [0, 0.1) is 6.92 Å². The fourth-order valence-corrected chi connectivity index (χ4v) is 2.57. The van der Waals surface area contributed by atoms with Crippen LogP contribution in [0.15, 0.2) is 54.6 Å². The van der Waals surface area contributed by atoms with Crippen molar-refractivity contribution in [2.24, 2.45) is 0 Å². The largest absolute Gasteiger partial charge is 0.478 e. The van der Waals surface area contributed by atoms with E-state index in [9.17, 15) is 14.7 Å². The first-order chi connectivity index (χ1) is 10.6. The number of ketones is 1. The quantitative estimate of drug-likeness (QED) is 0.750. The fraction of sp³-hybridized carbons (Fsp3) is 0.0556. The smallest absolute Gasteiger partial charge is 0.337 e. The van der Waals surface area contributed by atoms with Gasteiger partial charge < -0.3 is 5.11 Å². The van der Waals surface area contributed by atoms with Crippen LogP contribution in [-0.2, 0) is 0 Å². The number of pyridine rings is 1. The van der Waals surface area contributed by atoms with E-state index in [0.717, 1.165) is 0 Å². The van der Waals surface area contributed by atoms with Crippen molar-refractivity contribution in [3.63, 3.8) is 0 Å². The van der Waals surface area contributed by atoms with Gasteiger partial charge in [0.1, 0.15) is 0 Å². The van der Waals surface area contributed by atoms with Crippen molar-refractivity contribution < 1.29 is 14.7 Å². The third-order valence-corrected chi connectivity index (χ3v) is 3.55. The van der Waals surface area contributed by atoms with E-state index in [-0.39, 0.29) is 16.9 Å². The molecule has 0 saturated heterocycles. The summed E-state index contributed by atoms with van der Waals surface area (Å²) in [5, 5.41) is 10.1. The number of para-hydroxylation sites is 1. The summed E-state index contributed by atoms with van der Waals surface area (Å²) >= 11 is 0. The molecule has 1 aromatic heterocycles. The number of fused-ring (bicyclic) bond motifs is 1. The minimum absolute atomic E-state index is 0.0111. The second-order valence-electron chi connectivity index (χ2n) is 4.96. The van der Waals surface area contributed by atoms with Crippen molar-refractivity contribution in [1.82, 2.24) is 4.98 Å². The van der Waals surface area contributed by atoms with Crippen molar-refractivity contribution in [2.45, 2.75) is 6.92 Å². The first kappa shape index (κ1) is 13.9. The highest BCUT2D eigenvalue weighted by Crippen LogP contribution is 2.25. The van der Waals surface area contributed by atoms with Crippen LogP contribution in [0.5, 0.6) is 0 Å². The molecule has 0 amide bonds. The van der Waals surface area contributed by atoms with Gasteiger partial charge in [-0.25, -0.2) is 4.79 Å². The summed E-state index contributed by atoms with van der Waals surface area (Å²) in [6, 6.07) is 15.6. The lowest BCUT2D eigenvalue weighted by molar-refractivity contribution is 0.0694. The summed E-state index contributed by atoms with van der Waals surface area (Å²) in [5.41, 5.74) is 1.60. The van der Waals surface area contributed by atoms with Gasteiger partial charge in [0.2, 0.25) is 0 Å². The van der Waals surface area contributed by atoms with Crippen molar-refractivity contribution in [3.8, 4) is 0 Å². The Morgan fingerprint density at radius 2 is 1.55 bits per heavy atom. The molecule has 4 nitrogen and oxygen atoms in total. The predicted octanol–water partition coefficient (Wildman–Crippen LogP) is 3.47. The normalized spacial score (nSPS) is 10.6. The highest BCUT2D eigenvalue weighted by Gasteiger charge is 2.24.